The molecule has 3 aromatic rings. The first-order valence-corrected chi connectivity index (χ1v) is 15.4. The number of aryl methyl sites for hydroxylation is 1. The Hall–Kier alpha value is -3.85. The zero-order valence-electron chi connectivity index (χ0n) is 24.6. The molecular weight excluding hydrogens is 538 g/mol. The van der Waals surface area contributed by atoms with Crippen LogP contribution in [-0.4, -0.2) is 51.4 Å². The van der Waals surface area contributed by atoms with E-state index < -0.39 is 28.5 Å². The zero-order chi connectivity index (χ0) is 30.0. The minimum Gasteiger partial charge on any atom is -0.497 e. The van der Waals surface area contributed by atoms with Crippen molar-refractivity contribution in [3.8, 4) is 5.75 Å². The summed E-state index contributed by atoms with van der Waals surface area (Å²) in [7, 11) is -2.55. The molecule has 0 aliphatic rings. The third-order valence-electron chi connectivity index (χ3n) is 7.16. The summed E-state index contributed by atoms with van der Waals surface area (Å²) in [6.45, 7) is 7.77. The van der Waals surface area contributed by atoms with Crippen LogP contribution in [0.25, 0.3) is 0 Å². The molecule has 1 N–H and O–H groups in total. The van der Waals surface area contributed by atoms with Gasteiger partial charge in [0.2, 0.25) is 11.8 Å². The topological polar surface area (TPSA) is 96.0 Å². The van der Waals surface area contributed by atoms with Gasteiger partial charge in [-0.15, -0.1) is 0 Å². The molecule has 0 radical (unpaired) electrons. The highest BCUT2D eigenvalue weighted by atomic mass is 32.2. The van der Waals surface area contributed by atoms with E-state index in [0.717, 1.165) is 33.8 Å². The summed E-state index contributed by atoms with van der Waals surface area (Å²) in [5.41, 5.74) is 2.84. The smallest absolute Gasteiger partial charge is 0.264 e. The minimum absolute atomic E-state index is 0.0809. The number of sulfonamides is 1. The molecule has 220 valence electrons. The van der Waals surface area contributed by atoms with Crippen molar-refractivity contribution in [2.75, 3.05) is 24.5 Å². The van der Waals surface area contributed by atoms with Crippen molar-refractivity contribution in [2.45, 2.75) is 64.4 Å². The van der Waals surface area contributed by atoms with Crippen LogP contribution in [0.4, 0.5) is 5.69 Å². The molecular formula is C32H41N3O5S. The Morgan fingerprint density at radius 3 is 2.32 bits per heavy atom. The fourth-order valence-electron chi connectivity index (χ4n) is 4.63. The monoisotopic (exact) mass is 579 g/mol. The van der Waals surface area contributed by atoms with Gasteiger partial charge in [0.25, 0.3) is 10.0 Å². The Bertz CT molecular complexity index is 1430. The van der Waals surface area contributed by atoms with E-state index in [9.17, 15) is 18.0 Å². The second-order valence-electron chi connectivity index (χ2n) is 9.99. The number of ether oxygens (including phenoxy) is 1. The average Bonchev–Trinajstić information content (AvgIpc) is 2.98. The van der Waals surface area contributed by atoms with Gasteiger partial charge in [0.1, 0.15) is 18.3 Å². The summed E-state index contributed by atoms with van der Waals surface area (Å²) in [6, 6.07) is 20.0. The number of nitrogens with one attached hydrogen (secondary N) is 1. The molecule has 0 aliphatic heterocycles. The summed E-state index contributed by atoms with van der Waals surface area (Å²) < 4.78 is 34.5. The molecule has 0 aliphatic carbocycles. The van der Waals surface area contributed by atoms with Gasteiger partial charge >= 0.3 is 0 Å². The second-order valence-corrected chi connectivity index (χ2v) is 11.8. The maximum Gasteiger partial charge on any atom is 0.264 e. The van der Waals surface area contributed by atoms with Crippen LogP contribution >= 0.6 is 0 Å². The number of methoxy groups -OCH3 is 1. The molecule has 9 heteroatoms. The highest BCUT2D eigenvalue weighted by Crippen LogP contribution is 2.29. The minimum atomic E-state index is -4.11. The van der Waals surface area contributed by atoms with Crippen molar-refractivity contribution in [1.82, 2.24) is 10.2 Å². The fraction of sp³-hybridized carbons (Fsp3) is 0.375. The first-order chi connectivity index (χ1) is 19.6. The van der Waals surface area contributed by atoms with Gasteiger partial charge in [-0.3, -0.25) is 13.9 Å². The summed E-state index contributed by atoms with van der Waals surface area (Å²) >= 11 is 0. The molecule has 0 unspecified atom stereocenters. The number of carbonyl (C=O) groups is 2. The van der Waals surface area contributed by atoms with Crippen LogP contribution in [0, 0.1) is 13.8 Å². The molecule has 0 saturated carbocycles. The summed E-state index contributed by atoms with van der Waals surface area (Å²) in [5.74, 6) is -0.119. The lowest BCUT2D eigenvalue weighted by Gasteiger charge is -2.33. The second kappa shape index (κ2) is 14.7. The Morgan fingerprint density at radius 2 is 1.66 bits per heavy atom. The van der Waals surface area contributed by atoms with Gasteiger partial charge in [0.05, 0.1) is 17.7 Å². The fourth-order valence-corrected chi connectivity index (χ4v) is 6.12. The standard InChI is InChI=1S/C32H41N3O5S/c1-6-8-20-33-32(37)29(7-2)34(22-26-15-13-16-27(21-26)40-5)31(36)23-35(30-19-12-14-24(3)25(30)4)41(38,39)28-17-10-9-11-18-28/h9-19,21,29H,6-8,20,22-23H2,1-5H3,(H,33,37)/t29-/m0/s1. The number of benzene rings is 3. The number of amides is 2. The maximum absolute atomic E-state index is 14.2. The van der Waals surface area contributed by atoms with Crippen LogP contribution in [0.1, 0.15) is 49.8 Å². The number of carbonyl (C=O) groups excluding carboxylic acids is 2. The average molecular weight is 580 g/mol. The Kier molecular flexibility index (Phi) is 11.3. The molecule has 0 heterocycles. The van der Waals surface area contributed by atoms with Crippen LogP contribution in [0.15, 0.2) is 77.7 Å². The molecule has 0 spiro atoms. The number of anilines is 1. The van der Waals surface area contributed by atoms with E-state index >= 15 is 0 Å². The van der Waals surface area contributed by atoms with Crippen LogP contribution in [0.5, 0.6) is 5.75 Å². The molecule has 0 aromatic heterocycles. The number of hydrogen-bond donors (Lipinski definition) is 1. The first kappa shape index (κ1) is 31.7. The van der Waals surface area contributed by atoms with Crippen LogP contribution in [0.3, 0.4) is 0 Å². The molecule has 3 aromatic carbocycles. The third-order valence-corrected chi connectivity index (χ3v) is 8.93. The van der Waals surface area contributed by atoms with Crippen molar-refractivity contribution in [3.63, 3.8) is 0 Å². The predicted octanol–water partition coefficient (Wildman–Crippen LogP) is 5.23. The molecule has 3 rings (SSSR count). The van der Waals surface area contributed by atoms with E-state index in [1.807, 2.05) is 52.0 Å². The Morgan fingerprint density at radius 1 is 0.951 bits per heavy atom. The van der Waals surface area contributed by atoms with E-state index in [2.05, 4.69) is 5.32 Å². The number of unbranched alkanes of at least 4 members (excludes halogenated alkanes) is 1. The van der Waals surface area contributed by atoms with Gasteiger partial charge in [-0.2, -0.15) is 0 Å². The highest BCUT2D eigenvalue weighted by molar-refractivity contribution is 7.92. The highest BCUT2D eigenvalue weighted by Gasteiger charge is 2.34. The Labute approximate surface area is 244 Å². The molecule has 41 heavy (non-hydrogen) atoms. The van der Waals surface area contributed by atoms with Crippen LogP contribution in [0.2, 0.25) is 0 Å². The first-order valence-electron chi connectivity index (χ1n) is 14.0. The van der Waals surface area contributed by atoms with Gasteiger partial charge in [-0.25, -0.2) is 8.42 Å². The summed E-state index contributed by atoms with van der Waals surface area (Å²) in [5, 5.41) is 2.95. The van der Waals surface area contributed by atoms with E-state index in [0.29, 0.717) is 24.4 Å². The number of nitrogens with zero attached hydrogens (tertiary/aromatic N) is 2. The molecule has 0 fully saturated rings. The van der Waals surface area contributed by atoms with Crippen molar-refractivity contribution in [1.29, 1.82) is 0 Å². The number of hydrogen-bond acceptors (Lipinski definition) is 5. The van der Waals surface area contributed by atoms with Gasteiger partial charge < -0.3 is 15.0 Å². The maximum atomic E-state index is 14.2. The lowest BCUT2D eigenvalue weighted by Crippen LogP contribution is -2.52. The van der Waals surface area contributed by atoms with Crippen molar-refractivity contribution < 1.29 is 22.7 Å². The van der Waals surface area contributed by atoms with Crippen LogP contribution < -0.4 is 14.4 Å². The molecule has 0 saturated heterocycles. The Balaban J connectivity index is 2.07. The summed E-state index contributed by atoms with van der Waals surface area (Å²) in [6.07, 6.45) is 2.11. The van der Waals surface area contributed by atoms with E-state index in [-0.39, 0.29) is 17.3 Å². The largest absolute Gasteiger partial charge is 0.497 e. The van der Waals surface area contributed by atoms with Crippen molar-refractivity contribution >= 4 is 27.5 Å². The van der Waals surface area contributed by atoms with Crippen LogP contribution in [-0.2, 0) is 26.2 Å². The van der Waals surface area contributed by atoms with Gasteiger partial charge in [0.15, 0.2) is 0 Å². The molecule has 2 amide bonds. The van der Waals surface area contributed by atoms with E-state index in [4.69, 9.17) is 4.74 Å². The third kappa shape index (κ3) is 7.88. The van der Waals surface area contributed by atoms with E-state index in [1.165, 1.54) is 17.0 Å². The summed E-state index contributed by atoms with van der Waals surface area (Å²) in [4.78, 5) is 29.1. The SMILES string of the molecule is CCCCNC(=O)[C@H](CC)N(Cc1cccc(OC)c1)C(=O)CN(c1cccc(C)c1C)S(=O)(=O)c1ccccc1. The number of rotatable bonds is 14. The lowest BCUT2D eigenvalue weighted by atomic mass is 10.1. The van der Waals surface area contributed by atoms with Crippen molar-refractivity contribution in [3.05, 3.63) is 89.5 Å². The van der Waals surface area contributed by atoms with Gasteiger partial charge in [-0.1, -0.05) is 62.7 Å². The molecule has 0 bridgehead atoms. The zero-order valence-corrected chi connectivity index (χ0v) is 25.4. The molecule has 8 nitrogen and oxygen atoms in total. The molecule has 1 atom stereocenters. The van der Waals surface area contributed by atoms with Gasteiger partial charge in [0, 0.05) is 13.1 Å². The van der Waals surface area contributed by atoms with Gasteiger partial charge in [-0.05, 0) is 73.7 Å². The van der Waals surface area contributed by atoms with E-state index in [1.54, 1.807) is 43.5 Å². The normalized spacial score (nSPS) is 11.9. The lowest BCUT2D eigenvalue weighted by molar-refractivity contribution is -0.140. The quantitative estimate of drug-likeness (QED) is 0.264. The van der Waals surface area contributed by atoms with Crippen molar-refractivity contribution in [2.24, 2.45) is 0 Å². The predicted molar refractivity (Wildman–Crippen MR) is 162 cm³/mol.